The lowest BCUT2D eigenvalue weighted by Gasteiger charge is -2.16. The van der Waals surface area contributed by atoms with Gasteiger partial charge in [-0.3, -0.25) is 0 Å². The second-order valence-corrected chi connectivity index (χ2v) is 7.12. The number of hydrogen-bond acceptors (Lipinski definition) is 1. The standard InChI is InChI=1S/C24H27N2/c1-18-6-8-19(9-7-18)24(20-10-14-22(15-11-20)25(2)3)21-12-16-23(17-13-21)26(4)5/h6-17H,1-5H3/q+1. The molecule has 1 aliphatic rings. The second-order valence-electron chi connectivity index (χ2n) is 7.12. The molecule has 0 N–H and O–H groups in total. The van der Waals surface area contributed by atoms with Crippen LogP contribution >= 0.6 is 0 Å². The maximum atomic E-state index is 2.21. The molecule has 2 heteroatoms. The summed E-state index contributed by atoms with van der Waals surface area (Å²) in [4.78, 5) is 2.13. The van der Waals surface area contributed by atoms with Gasteiger partial charge in [0.2, 0.25) is 0 Å². The fourth-order valence-electron chi connectivity index (χ4n) is 3.07. The lowest BCUT2D eigenvalue weighted by Crippen LogP contribution is -2.10. The second kappa shape index (κ2) is 7.57. The smallest absolute Gasteiger partial charge is 0.199 e. The molecule has 1 aliphatic carbocycles. The van der Waals surface area contributed by atoms with Gasteiger partial charge in [0.1, 0.15) is 14.1 Å². The predicted molar refractivity (Wildman–Crippen MR) is 113 cm³/mol. The van der Waals surface area contributed by atoms with Gasteiger partial charge in [-0.2, -0.15) is 0 Å². The van der Waals surface area contributed by atoms with Crippen LogP contribution in [0.3, 0.4) is 0 Å². The van der Waals surface area contributed by atoms with E-state index in [9.17, 15) is 0 Å². The van der Waals surface area contributed by atoms with Gasteiger partial charge in [-0.05, 0) is 53.5 Å². The van der Waals surface area contributed by atoms with Crippen molar-refractivity contribution in [3.05, 3.63) is 95.1 Å². The minimum Gasteiger partial charge on any atom is -0.378 e. The number of aryl methyl sites for hydroxylation is 1. The summed E-state index contributed by atoms with van der Waals surface area (Å²) < 4.78 is 2.13. The number of nitrogens with zero attached hydrogens (tertiary/aromatic N) is 2. The highest BCUT2D eigenvalue weighted by Crippen LogP contribution is 2.31. The maximum absolute atomic E-state index is 2.21. The molecular formula is C24H27N2+. The van der Waals surface area contributed by atoms with Crippen LogP contribution in [-0.4, -0.2) is 38.5 Å². The summed E-state index contributed by atoms with van der Waals surface area (Å²) in [6, 6.07) is 17.6. The van der Waals surface area contributed by atoms with E-state index in [1.54, 1.807) is 0 Å². The molecule has 132 valence electrons. The van der Waals surface area contributed by atoms with E-state index in [0.717, 1.165) is 0 Å². The van der Waals surface area contributed by atoms with Crippen molar-refractivity contribution >= 4 is 17.0 Å². The van der Waals surface area contributed by atoms with Crippen molar-refractivity contribution < 1.29 is 4.58 Å². The lowest BCUT2D eigenvalue weighted by molar-refractivity contribution is -0.462. The van der Waals surface area contributed by atoms with Crippen molar-refractivity contribution in [1.29, 1.82) is 0 Å². The van der Waals surface area contributed by atoms with E-state index in [1.807, 2.05) is 0 Å². The van der Waals surface area contributed by atoms with E-state index in [4.69, 9.17) is 0 Å². The molecule has 3 rings (SSSR count). The Morgan fingerprint density at radius 1 is 0.731 bits per heavy atom. The zero-order chi connectivity index (χ0) is 18.7. The Morgan fingerprint density at radius 2 is 1.23 bits per heavy atom. The highest BCUT2D eigenvalue weighted by Gasteiger charge is 2.13. The topological polar surface area (TPSA) is 6.25 Å². The van der Waals surface area contributed by atoms with Gasteiger partial charge in [-0.1, -0.05) is 42.0 Å². The number of allylic oxidation sites excluding steroid dienone is 5. The van der Waals surface area contributed by atoms with Crippen LogP contribution in [0, 0.1) is 6.92 Å². The average Bonchev–Trinajstić information content (AvgIpc) is 2.64. The predicted octanol–water partition coefficient (Wildman–Crippen LogP) is 4.70. The summed E-state index contributed by atoms with van der Waals surface area (Å²) in [5.74, 6) is 0. The molecule has 0 spiro atoms. The first-order chi connectivity index (χ1) is 12.5. The van der Waals surface area contributed by atoms with E-state index >= 15 is 0 Å². The van der Waals surface area contributed by atoms with E-state index in [1.165, 1.54) is 39.2 Å². The highest BCUT2D eigenvalue weighted by atomic mass is 15.1. The lowest BCUT2D eigenvalue weighted by atomic mass is 9.90. The Labute approximate surface area is 157 Å². The maximum Gasteiger partial charge on any atom is 0.199 e. The quantitative estimate of drug-likeness (QED) is 0.732. The molecule has 0 aliphatic heterocycles. The van der Waals surface area contributed by atoms with Crippen LogP contribution in [-0.2, 0) is 0 Å². The van der Waals surface area contributed by atoms with Gasteiger partial charge in [0, 0.05) is 31.9 Å². The van der Waals surface area contributed by atoms with Crippen LogP contribution in [0.1, 0.15) is 16.7 Å². The van der Waals surface area contributed by atoms with E-state index < -0.39 is 0 Å². The van der Waals surface area contributed by atoms with Gasteiger partial charge in [-0.15, -0.1) is 0 Å². The molecule has 2 aromatic rings. The van der Waals surface area contributed by atoms with Crippen molar-refractivity contribution in [2.24, 2.45) is 0 Å². The Kier molecular flexibility index (Phi) is 5.22. The van der Waals surface area contributed by atoms with Crippen LogP contribution in [0.25, 0.3) is 5.57 Å². The number of rotatable bonds is 3. The SMILES string of the molecule is Cc1ccc(C(=C2C=CC(=[N+](C)C)C=C2)c2ccc(N(C)C)cc2)cc1. The number of benzene rings is 2. The van der Waals surface area contributed by atoms with Gasteiger partial charge in [0.05, 0.1) is 0 Å². The highest BCUT2D eigenvalue weighted by molar-refractivity contribution is 6.03. The molecule has 0 fully saturated rings. The molecule has 0 bridgehead atoms. The van der Waals surface area contributed by atoms with E-state index in [2.05, 4.69) is 117 Å². The summed E-state index contributed by atoms with van der Waals surface area (Å²) in [6.45, 7) is 2.13. The molecular weight excluding hydrogens is 316 g/mol. The number of hydrogen-bond donors (Lipinski definition) is 0. The Hall–Kier alpha value is -2.87. The molecule has 0 atom stereocenters. The van der Waals surface area contributed by atoms with Crippen molar-refractivity contribution in [3.8, 4) is 0 Å². The van der Waals surface area contributed by atoms with Crippen LogP contribution < -0.4 is 4.90 Å². The zero-order valence-electron chi connectivity index (χ0n) is 16.3. The summed E-state index contributed by atoms with van der Waals surface area (Å²) in [5, 5.41) is 0. The molecule has 26 heavy (non-hydrogen) atoms. The van der Waals surface area contributed by atoms with Crippen molar-refractivity contribution in [2.45, 2.75) is 6.92 Å². The van der Waals surface area contributed by atoms with Gasteiger partial charge in [-0.25, -0.2) is 4.58 Å². The van der Waals surface area contributed by atoms with Gasteiger partial charge in [0.15, 0.2) is 5.71 Å². The normalized spacial score (nSPS) is 13.1. The Morgan fingerprint density at radius 3 is 1.69 bits per heavy atom. The first kappa shape index (κ1) is 17.9. The molecule has 2 nitrogen and oxygen atoms in total. The van der Waals surface area contributed by atoms with Crippen LogP contribution in [0.5, 0.6) is 0 Å². The summed E-state index contributed by atoms with van der Waals surface area (Å²) in [6.07, 6.45) is 8.78. The average molecular weight is 343 g/mol. The fourth-order valence-corrected chi connectivity index (χ4v) is 3.07. The zero-order valence-corrected chi connectivity index (χ0v) is 16.3. The fraction of sp³-hybridized carbons (Fsp3) is 0.208. The molecule has 0 aromatic heterocycles. The van der Waals surface area contributed by atoms with E-state index in [-0.39, 0.29) is 0 Å². The number of anilines is 1. The van der Waals surface area contributed by atoms with Gasteiger partial charge < -0.3 is 4.90 Å². The minimum absolute atomic E-state index is 1.21. The first-order valence-corrected chi connectivity index (χ1v) is 8.95. The molecule has 0 saturated carbocycles. The van der Waals surface area contributed by atoms with Gasteiger partial charge in [0.25, 0.3) is 0 Å². The largest absolute Gasteiger partial charge is 0.378 e. The van der Waals surface area contributed by atoms with Crippen LogP contribution in [0.15, 0.2) is 78.4 Å². The van der Waals surface area contributed by atoms with Crippen molar-refractivity contribution in [2.75, 3.05) is 33.1 Å². The monoisotopic (exact) mass is 343 g/mol. The molecule has 0 amide bonds. The molecule has 0 heterocycles. The molecule has 0 radical (unpaired) electrons. The van der Waals surface area contributed by atoms with Crippen LogP contribution in [0.4, 0.5) is 5.69 Å². The van der Waals surface area contributed by atoms with Crippen molar-refractivity contribution in [1.82, 2.24) is 0 Å². The third kappa shape index (κ3) is 3.85. The summed E-state index contributed by atoms with van der Waals surface area (Å²) in [5.41, 5.74) is 8.67. The van der Waals surface area contributed by atoms with Gasteiger partial charge >= 0.3 is 0 Å². The summed E-state index contributed by atoms with van der Waals surface area (Å²) >= 11 is 0. The first-order valence-electron chi connectivity index (χ1n) is 8.95. The molecule has 0 unspecified atom stereocenters. The summed E-state index contributed by atoms with van der Waals surface area (Å²) in [7, 11) is 8.28. The van der Waals surface area contributed by atoms with E-state index in [0.29, 0.717) is 0 Å². The molecule has 0 saturated heterocycles. The van der Waals surface area contributed by atoms with Crippen molar-refractivity contribution in [3.63, 3.8) is 0 Å². The molecule has 2 aromatic carbocycles. The minimum atomic E-state index is 1.21. The Bertz CT molecular complexity index is 884. The van der Waals surface area contributed by atoms with Crippen LogP contribution in [0.2, 0.25) is 0 Å². The third-order valence-electron chi connectivity index (χ3n) is 4.68. The Balaban J connectivity index is 2.13. The third-order valence-corrected chi connectivity index (χ3v) is 4.68.